The maximum Gasteiger partial charge on any atom is 0.306 e. The van der Waals surface area contributed by atoms with E-state index in [1.807, 2.05) is 19.4 Å². The lowest BCUT2D eigenvalue weighted by molar-refractivity contribution is -0.167. The molecule has 1 unspecified atom stereocenters. The fourth-order valence-electron chi connectivity index (χ4n) is 6.66. The van der Waals surface area contributed by atoms with Gasteiger partial charge >= 0.3 is 35.8 Å². The molecule has 0 bridgehead atoms. The lowest BCUT2D eigenvalue weighted by Crippen LogP contribution is -2.32. The molecule has 0 amide bonds. The van der Waals surface area contributed by atoms with Gasteiger partial charge in [0.05, 0.1) is 4.08 Å². The van der Waals surface area contributed by atoms with Crippen molar-refractivity contribution in [2.45, 2.75) is 250 Å². The number of hydrogen-bond acceptors (Lipinski definition) is 14. The van der Waals surface area contributed by atoms with Gasteiger partial charge in [0, 0.05) is 38.5 Å². The van der Waals surface area contributed by atoms with E-state index in [4.69, 9.17) is 28.4 Å². The van der Waals surface area contributed by atoms with Gasteiger partial charge in [0.1, 0.15) is 26.4 Å². The first-order chi connectivity index (χ1) is 31.4. The molecule has 0 N–H and O–H groups in total. The van der Waals surface area contributed by atoms with E-state index < -0.39 is 34.2 Å². The Balaban J connectivity index is 0. The number of thioether (sulfide) groups is 2. The van der Waals surface area contributed by atoms with Crippen molar-refractivity contribution in [1.29, 1.82) is 0 Å². The highest BCUT2D eigenvalue weighted by atomic mass is 32.2. The average Bonchev–Trinajstić information content (AvgIpc) is 3.29. The fourth-order valence-corrected chi connectivity index (χ4v) is 8.55. The summed E-state index contributed by atoms with van der Waals surface area (Å²) >= 11 is 3.02. The topological polar surface area (TPSA) is 158 Å². The van der Waals surface area contributed by atoms with Crippen molar-refractivity contribution < 1.29 is 57.2 Å². The number of hydrogen-bond donors (Lipinski definition) is 0. The van der Waals surface area contributed by atoms with Crippen molar-refractivity contribution in [2.24, 2.45) is 0 Å². The van der Waals surface area contributed by atoms with Crippen LogP contribution in [0.1, 0.15) is 234 Å². The highest BCUT2D eigenvalue weighted by Crippen LogP contribution is 2.42. The Kier molecular flexibility index (Phi) is 46.3. The van der Waals surface area contributed by atoms with Gasteiger partial charge in [-0.2, -0.15) is 0 Å². The van der Waals surface area contributed by atoms with Crippen LogP contribution in [0.4, 0.5) is 0 Å². The number of carbonyl (C=O) groups excluding carboxylic acids is 6. The first-order valence-corrected chi connectivity index (χ1v) is 28.0. The summed E-state index contributed by atoms with van der Waals surface area (Å²) in [6.07, 6.45) is 27.0. The smallest absolute Gasteiger partial charge is 0.306 e. The van der Waals surface area contributed by atoms with Gasteiger partial charge in [0.2, 0.25) is 0 Å². The lowest BCUT2D eigenvalue weighted by atomic mass is 10.1. The van der Waals surface area contributed by atoms with Crippen molar-refractivity contribution in [3.63, 3.8) is 0 Å². The Hall–Kier alpha value is -2.48. The molecule has 12 nitrogen and oxygen atoms in total. The van der Waals surface area contributed by atoms with Gasteiger partial charge in [-0.05, 0) is 51.0 Å². The largest absolute Gasteiger partial charge is 0.462 e. The second kappa shape index (κ2) is 46.6. The van der Waals surface area contributed by atoms with Crippen LogP contribution >= 0.6 is 23.5 Å². The Morgan fingerprint density at radius 2 is 0.615 bits per heavy atom. The molecular weight excluding hydrogens is 869 g/mol. The second-order valence-corrected chi connectivity index (χ2v) is 19.6. The molecular formula is C51H94O12S2. The Labute approximate surface area is 404 Å². The van der Waals surface area contributed by atoms with Crippen LogP contribution in [0.5, 0.6) is 0 Å². The summed E-state index contributed by atoms with van der Waals surface area (Å²) in [4.78, 5) is 75.9. The monoisotopic (exact) mass is 963 g/mol. The molecule has 0 aliphatic heterocycles. The minimum absolute atomic E-state index is 0.00752. The first-order valence-electron chi connectivity index (χ1n) is 25.5. The maximum absolute atomic E-state index is 13.2. The van der Waals surface area contributed by atoms with Crippen molar-refractivity contribution in [2.75, 3.05) is 38.9 Å². The quantitative estimate of drug-likeness (QED) is 0.0246. The van der Waals surface area contributed by atoms with Crippen LogP contribution in [0.3, 0.4) is 0 Å². The highest BCUT2D eigenvalue weighted by molar-refractivity contribution is 8.17. The second-order valence-electron chi connectivity index (χ2n) is 16.9. The summed E-state index contributed by atoms with van der Waals surface area (Å²) in [5.41, 5.74) is 0. The van der Waals surface area contributed by atoms with Crippen molar-refractivity contribution in [3.05, 3.63) is 0 Å². The predicted octanol–water partition coefficient (Wildman–Crippen LogP) is 13.2. The molecule has 0 rings (SSSR count). The van der Waals surface area contributed by atoms with Crippen LogP contribution in [0, 0.1) is 0 Å². The van der Waals surface area contributed by atoms with E-state index in [1.165, 1.54) is 62.0 Å². The van der Waals surface area contributed by atoms with E-state index >= 15 is 0 Å². The maximum atomic E-state index is 13.2. The molecule has 382 valence electrons. The number of ether oxygens (including phenoxy) is 6. The summed E-state index contributed by atoms with van der Waals surface area (Å²) in [6.45, 7) is 11.9. The van der Waals surface area contributed by atoms with E-state index in [2.05, 4.69) is 34.6 Å². The molecule has 0 saturated heterocycles. The zero-order chi connectivity index (χ0) is 48.8. The molecule has 1 atom stereocenters. The number of esters is 6. The minimum Gasteiger partial charge on any atom is -0.462 e. The zero-order valence-corrected chi connectivity index (χ0v) is 44.0. The molecule has 0 aromatic heterocycles. The van der Waals surface area contributed by atoms with Gasteiger partial charge in [-0.1, -0.05) is 157 Å². The van der Waals surface area contributed by atoms with Crippen LogP contribution < -0.4 is 0 Å². The summed E-state index contributed by atoms with van der Waals surface area (Å²) in [5.74, 6) is -2.65. The normalized spacial score (nSPS) is 11.6. The first kappa shape index (κ1) is 64.6. The highest BCUT2D eigenvalue weighted by Gasteiger charge is 2.32. The molecule has 0 heterocycles. The molecule has 0 fully saturated rings. The average molecular weight is 963 g/mol. The fraction of sp³-hybridized carbons (Fsp3) is 0.882. The number of unbranched alkanes of at least 4 members (excludes halogenated alkanes) is 17. The van der Waals surface area contributed by atoms with E-state index in [0.717, 1.165) is 96.3 Å². The van der Waals surface area contributed by atoms with Gasteiger partial charge in [0.25, 0.3) is 0 Å². The molecule has 0 aromatic rings. The predicted molar refractivity (Wildman–Crippen MR) is 266 cm³/mol. The van der Waals surface area contributed by atoms with E-state index in [9.17, 15) is 28.8 Å². The van der Waals surface area contributed by atoms with Crippen molar-refractivity contribution in [1.82, 2.24) is 0 Å². The standard InChI is InChI=1S/C46H82O12S2.C5H12/c1-7-11-14-17-20-23-27-41(48)54-35-38(34-53-40(47)26-10-4)57-44(51)30-32-46(59-5,60-6)33-31-45(52)58-39(36-55-42(49)28-24-21-18-15-12-8-2)37-56-43(50)29-25-22-19-16-13-9-3;1-3-5-4-2/h38-39H,7-37H2,1-6H3;3-5H2,1-2H3. The van der Waals surface area contributed by atoms with Gasteiger partial charge in [-0.3, -0.25) is 28.8 Å². The van der Waals surface area contributed by atoms with Crippen molar-refractivity contribution >= 4 is 59.3 Å². The summed E-state index contributed by atoms with van der Waals surface area (Å²) in [7, 11) is 0. The van der Waals surface area contributed by atoms with Crippen LogP contribution in [0.2, 0.25) is 0 Å². The van der Waals surface area contributed by atoms with E-state index in [0.29, 0.717) is 19.3 Å². The van der Waals surface area contributed by atoms with Gasteiger partial charge in [0.15, 0.2) is 12.2 Å². The zero-order valence-electron chi connectivity index (χ0n) is 42.4. The van der Waals surface area contributed by atoms with Gasteiger partial charge in [-0.25, -0.2) is 0 Å². The third kappa shape index (κ3) is 41.4. The van der Waals surface area contributed by atoms with E-state index in [1.54, 1.807) is 0 Å². The molecule has 65 heavy (non-hydrogen) atoms. The molecule has 0 aromatic carbocycles. The van der Waals surface area contributed by atoms with Crippen LogP contribution in [0.15, 0.2) is 0 Å². The Morgan fingerprint density at radius 3 is 0.877 bits per heavy atom. The number of rotatable bonds is 43. The van der Waals surface area contributed by atoms with Gasteiger partial charge < -0.3 is 28.4 Å². The summed E-state index contributed by atoms with van der Waals surface area (Å²) in [6, 6.07) is 0. The lowest BCUT2D eigenvalue weighted by Gasteiger charge is -2.30. The molecule has 0 aliphatic carbocycles. The molecule has 14 heteroatoms. The summed E-state index contributed by atoms with van der Waals surface area (Å²) in [5, 5.41) is 0. The molecule has 0 radical (unpaired) electrons. The minimum atomic E-state index is -0.948. The third-order valence-electron chi connectivity index (χ3n) is 10.8. The van der Waals surface area contributed by atoms with Gasteiger partial charge in [-0.15, -0.1) is 23.5 Å². The van der Waals surface area contributed by atoms with Crippen molar-refractivity contribution in [3.8, 4) is 0 Å². The molecule has 0 saturated carbocycles. The summed E-state index contributed by atoms with van der Waals surface area (Å²) < 4.78 is 32.5. The molecule has 0 spiro atoms. The number of carbonyl (C=O) groups is 6. The van der Waals surface area contributed by atoms with E-state index in [-0.39, 0.29) is 82.9 Å². The Bertz CT molecular complexity index is 1160. The Morgan fingerprint density at radius 1 is 0.338 bits per heavy atom. The molecule has 0 aliphatic rings. The van der Waals surface area contributed by atoms with Crippen LogP contribution in [0.25, 0.3) is 0 Å². The SMILES string of the molecule is CCCCC.CCCCCCCCC(=O)OCC(COC(=O)CCC)OC(=O)CCC(CCC(=O)OC(COC(=O)CCCCCCCC)COC(=O)CCCCCCCC)(SC)SC. The van der Waals surface area contributed by atoms with Crippen LogP contribution in [-0.4, -0.2) is 91.0 Å². The van der Waals surface area contributed by atoms with Crippen LogP contribution in [-0.2, 0) is 57.2 Å². The third-order valence-corrected chi connectivity index (χ3v) is 14.2.